The molecule has 0 unspecified atom stereocenters. The van der Waals surface area contributed by atoms with Crippen LogP contribution in [0.5, 0.6) is 0 Å². The lowest BCUT2D eigenvalue weighted by molar-refractivity contribution is 0.0539. The molecule has 0 aromatic rings. The zero-order chi connectivity index (χ0) is 9.78. The van der Waals surface area contributed by atoms with E-state index >= 15 is 0 Å². The predicted molar refractivity (Wildman–Crippen MR) is 58.3 cm³/mol. The van der Waals surface area contributed by atoms with Gasteiger partial charge in [0.15, 0.2) is 0 Å². The average molecular weight is 188 g/mol. The van der Waals surface area contributed by atoms with Gasteiger partial charge in [0.05, 0.1) is 5.60 Å². The molecule has 0 rings (SSSR count). The monoisotopic (exact) mass is 188 g/mol. The first kappa shape index (κ1) is 12.2. The molecule has 0 aliphatic rings. The fourth-order valence-electron chi connectivity index (χ4n) is 1.98. The molecule has 0 N–H and O–H groups in total. The molecule has 0 aromatic heterocycles. The van der Waals surface area contributed by atoms with E-state index in [-0.39, 0.29) is 5.60 Å². The van der Waals surface area contributed by atoms with Gasteiger partial charge in [-0.2, -0.15) is 0 Å². The third kappa shape index (κ3) is 4.94. The SMILES string of the molecule is CC(C)CC(C)(CC(C)C)O[SiH3]. The van der Waals surface area contributed by atoms with Crippen LogP contribution in [0.2, 0.25) is 0 Å². The maximum Gasteiger partial charge on any atom is 0.146 e. The molecule has 1 nitrogen and oxygen atoms in total. The van der Waals surface area contributed by atoms with Crippen molar-refractivity contribution in [3.8, 4) is 0 Å². The van der Waals surface area contributed by atoms with Crippen molar-refractivity contribution in [2.45, 2.75) is 53.1 Å². The lowest BCUT2D eigenvalue weighted by Crippen LogP contribution is -2.31. The minimum absolute atomic E-state index is 0.147. The van der Waals surface area contributed by atoms with Gasteiger partial charge >= 0.3 is 0 Å². The second-order valence-electron chi connectivity index (χ2n) is 4.85. The highest BCUT2D eigenvalue weighted by atomic mass is 28.2. The minimum Gasteiger partial charge on any atom is -0.423 e. The molecule has 0 aliphatic carbocycles. The van der Waals surface area contributed by atoms with Crippen molar-refractivity contribution in [1.82, 2.24) is 0 Å². The lowest BCUT2D eigenvalue weighted by Gasteiger charge is -2.32. The van der Waals surface area contributed by atoms with Crippen molar-refractivity contribution < 1.29 is 4.43 Å². The van der Waals surface area contributed by atoms with Crippen LogP contribution < -0.4 is 0 Å². The molecule has 0 radical (unpaired) electrons. The molecule has 74 valence electrons. The van der Waals surface area contributed by atoms with Gasteiger partial charge in [-0.1, -0.05) is 27.7 Å². The van der Waals surface area contributed by atoms with Gasteiger partial charge in [0.1, 0.15) is 10.5 Å². The Kier molecular flexibility index (Phi) is 5.10. The third-order valence-electron chi connectivity index (χ3n) is 2.17. The first-order chi connectivity index (χ1) is 5.39. The predicted octanol–water partition coefficient (Wildman–Crippen LogP) is 2.13. The normalized spacial score (nSPS) is 13.2. The Morgan fingerprint density at radius 1 is 1.08 bits per heavy atom. The summed E-state index contributed by atoms with van der Waals surface area (Å²) in [7, 11) is 0.858. The summed E-state index contributed by atoms with van der Waals surface area (Å²) in [6, 6.07) is 0. The fourth-order valence-corrected chi connectivity index (χ4v) is 2.31. The van der Waals surface area contributed by atoms with Gasteiger partial charge in [-0.05, 0) is 31.6 Å². The van der Waals surface area contributed by atoms with E-state index in [1.165, 1.54) is 12.8 Å². The first-order valence-electron chi connectivity index (χ1n) is 4.95. The standard InChI is InChI=1S/C10H24OSi/c1-8(2)6-10(5,11-12)7-9(3)4/h8-9H,6-7H2,1-5,12H3. The average Bonchev–Trinajstić information content (AvgIpc) is 1.83. The molecule has 0 fully saturated rings. The molecule has 2 heteroatoms. The van der Waals surface area contributed by atoms with Crippen LogP contribution in [0.15, 0.2) is 0 Å². The van der Waals surface area contributed by atoms with E-state index in [9.17, 15) is 0 Å². The maximum atomic E-state index is 5.70. The highest BCUT2D eigenvalue weighted by molar-refractivity contribution is 5.98. The van der Waals surface area contributed by atoms with Crippen molar-refractivity contribution in [3.05, 3.63) is 0 Å². The largest absolute Gasteiger partial charge is 0.423 e. The van der Waals surface area contributed by atoms with Crippen LogP contribution in [0.1, 0.15) is 47.5 Å². The van der Waals surface area contributed by atoms with Crippen LogP contribution in [0.4, 0.5) is 0 Å². The van der Waals surface area contributed by atoms with E-state index in [2.05, 4.69) is 34.6 Å². The summed E-state index contributed by atoms with van der Waals surface area (Å²) in [6.07, 6.45) is 2.38. The van der Waals surface area contributed by atoms with Crippen molar-refractivity contribution in [2.75, 3.05) is 0 Å². The summed E-state index contributed by atoms with van der Waals surface area (Å²) < 4.78 is 5.70. The summed E-state index contributed by atoms with van der Waals surface area (Å²) in [5, 5.41) is 0. The van der Waals surface area contributed by atoms with Gasteiger partial charge < -0.3 is 4.43 Å². The van der Waals surface area contributed by atoms with E-state index in [1.54, 1.807) is 0 Å². The number of rotatable bonds is 5. The molecule has 0 atom stereocenters. The van der Waals surface area contributed by atoms with E-state index in [0.717, 1.165) is 22.3 Å². The molecule has 0 aliphatic heterocycles. The lowest BCUT2D eigenvalue weighted by atomic mass is 9.87. The Morgan fingerprint density at radius 2 is 1.42 bits per heavy atom. The van der Waals surface area contributed by atoms with Gasteiger partial charge in [0.25, 0.3) is 0 Å². The van der Waals surface area contributed by atoms with Crippen LogP contribution >= 0.6 is 0 Å². The van der Waals surface area contributed by atoms with Crippen LogP contribution in [-0.4, -0.2) is 16.1 Å². The Balaban J connectivity index is 4.04. The Hall–Kier alpha value is 0.177. The van der Waals surface area contributed by atoms with Crippen LogP contribution in [-0.2, 0) is 4.43 Å². The molecule has 0 saturated carbocycles. The maximum absolute atomic E-state index is 5.70. The van der Waals surface area contributed by atoms with E-state index in [4.69, 9.17) is 4.43 Å². The minimum atomic E-state index is 0.147. The Bertz CT molecular complexity index is 111. The molecule has 12 heavy (non-hydrogen) atoms. The van der Waals surface area contributed by atoms with Crippen molar-refractivity contribution in [1.29, 1.82) is 0 Å². The third-order valence-corrected chi connectivity index (χ3v) is 3.16. The van der Waals surface area contributed by atoms with Crippen molar-refractivity contribution in [2.24, 2.45) is 11.8 Å². The Labute approximate surface area is 80.4 Å². The summed E-state index contributed by atoms with van der Waals surface area (Å²) in [5.74, 6) is 1.48. The summed E-state index contributed by atoms with van der Waals surface area (Å²) >= 11 is 0. The number of hydrogen-bond donors (Lipinski definition) is 0. The molecule has 0 saturated heterocycles. The molecule has 0 spiro atoms. The fraction of sp³-hybridized carbons (Fsp3) is 1.00. The Morgan fingerprint density at radius 3 is 1.58 bits per heavy atom. The van der Waals surface area contributed by atoms with Crippen molar-refractivity contribution in [3.63, 3.8) is 0 Å². The summed E-state index contributed by atoms with van der Waals surface area (Å²) in [4.78, 5) is 0. The van der Waals surface area contributed by atoms with Gasteiger partial charge in [-0.25, -0.2) is 0 Å². The molecule has 0 bridgehead atoms. The first-order valence-corrected chi connectivity index (χ1v) is 5.76. The van der Waals surface area contributed by atoms with Crippen LogP contribution in [0.25, 0.3) is 0 Å². The molecular weight excluding hydrogens is 164 g/mol. The zero-order valence-corrected chi connectivity index (χ0v) is 11.5. The van der Waals surface area contributed by atoms with E-state index in [0.29, 0.717) is 0 Å². The van der Waals surface area contributed by atoms with E-state index < -0.39 is 0 Å². The molecule has 0 amide bonds. The topological polar surface area (TPSA) is 9.23 Å². The van der Waals surface area contributed by atoms with Gasteiger partial charge in [-0.15, -0.1) is 0 Å². The quantitative estimate of drug-likeness (QED) is 0.601. The molecular formula is C10H24OSi. The van der Waals surface area contributed by atoms with Gasteiger partial charge in [-0.3, -0.25) is 0 Å². The van der Waals surface area contributed by atoms with Gasteiger partial charge in [0, 0.05) is 0 Å². The summed E-state index contributed by atoms with van der Waals surface area (Å²) in [5.41, 5.74) is 0.147. The smallest absolute Gasteiger partial charge is 0.146 e. The molecule has 0 heterocycles. The zero-order valence-electron chi connectivity index (χ0n) is 9.48. The second-order valence-corrected chi connectivity index (χ2v) is 5.26. The van der Waals surface area contributed by atoms with Crippen LogP contribution in [0.3, 0.4) is 0 Å². The second kappa shape index (κ2) is 5.03. The highest BCUT2D eigenvalue weighted by Crippen LogP contribution is 2.27. The van der Waals surface area contributed by atoms with E-state index in [1.807, 2.05) is 0 Å². The van der Waals surface area contributed by atoms with Crippen LogP contribution in [0, 0.1) is 11.8 Å². The summed E-state index contributed by atoms with van der Waals surface area (Å²) in [6.45, 7) is 11.3. The highest BCUT2D eigenvalue weighted by Gasteiger charge is 2.24. The molecule has 0 aromatic carbocycles. The van der Waals surface area contributed by atoms with Gasteiger partial charge in [0.2, 0.25) is 0 Å². The number of hydrogen-bond acceptors (Lipinski definition) is 1. The van der Waals surface area contributed by atoms with Crippen molar-refractivity contribution >= 4 is 10.5 Å².